The summed E-state index contributed by atoms with van der Waals surface area (Å²) in [6, 6.07) is 11.2. The number of urea groups is 1. The Balaban J connectivity index is 2.13. The Kier molecular flexibility index (Phi) is 5.22. The summed E-state index contributed by atoms with van der Waals surface area (Å²) in [5.74, 6) is -1.05. The van der Waals surface area contributed by atoms with Gasteiger partial charge in [-0.05, 0) is 43.3 Å². The first kappa shape index (κ1) is 18.6. The van der Waals surface area contributed by atoms with Crippen molar-refractivity contribution in [3.8, 4) is 5.69 Å². The second-order valence-electron chi connectivity index (χ2n) is 5.64. The van der Waals surface area contributed by atoms with Crippen molar-refractivity contribution >= 4 is 34.6 Å². The third kappa shape index (κ3) is 3.98. The molecular formula is C18H15FN4O3S. The maximum absolute atomic E-state index is 13.3. The lowest BCUT2D eigenvalue weighted by atomic mass is 10.2. The van der Waals surface area contributed by atoms with E-state index in [9.17, 15) is 18.8 Å². The molecule has 0 saturated carbocycles. The average molecular weight is 386 g/mol. The van der Waals surface area contributed by atoms with Crippen LogP contribution in [-0.2, 0) is 4.79 Å². The molecule has 9 heteroatoms. The second kappa shape index (κ2) is 7.58. The predicted octanol–water partition coefficient (Wildman–Crippen LogP) is 2.20. The van der Waals surface area contributed by atoms with E-state index in [1.54, 1.807) is 31.2 Å². The van der Waals surface area contributed by atoms with E-state index in [0.29, 0.717) is 16.6 Å². The number of nitrogens with two attached hydrogens (primary N) is 1. The molecule has 27 heavy (non-hydrogen) atoms. The van der Waals surface area contributed by atoms with Crippen molar-refractivity contribution in [3.05, 3.63) is 64.7 Å². The molecule has 3 N–H and O–H groups in total. The van der Waals surface area contributed by atoms with Gasteiger partial charge in [0, 0.05) is 0 Å². The highest BCUT2D eigenvalue weighted by Gasteiger charge is 2.21. The molecule has 1 atom stereocenters. The van der Waals surface area contributed by atoms with E-state index < -0.39 is 23.0 Å². The number of aromatic nitrogens is 2. The highest BCUT2D eigenvalue weighted by molar-refractivity contribution is 8.00. The third-order valence-electron chi connectivity index (χ3n) is 3.73. The smallest absolute Gasteiger partial charge is 0.318 e. The van der Waals surface area contributed by atoms with Gasteiger partial charge < -0.3 is 5.73 Å². The highest BCUT2D eigenvalue weighted by atomic mass is 32.2. The molecule has 0 aliphatic carbocycles. The predicted molar refractivity (Wildman–Crippen MR) is 100 cm³/mol. The summed E-state index contributed by atoms with van der Waals surface area (Å²) in [4.78, 5) is 40.4. The van der Waals surface area contributed by atoms with Gasteiger partial charge in [0.25, 0.3) is 5.56 Å². The minimum absolute atomic E-state index is 0.234. The van der Waals surface area contributed by atoms with Crippen LogP contribution >= 0.6 is 11.8 Å². The topological polar surface area (TPSA) is 107 Å². The molecule has 1 aromatic heterocycles. The van der Waals surface area contributed by atoms with E-state index in [4.69, 9.17) is 5.73 Å². The molecular weight excluding hydrogens is 371 g/mol. The lowest BCUT2D eigenvalue weighted by Gasteiger charge is -2.16. The van der Waals surface area contributed by atoms with E-state index in [-0.39, 0.29) is 10.7 Å². The quantitative estimate of drug-likeness (QED) is 0.528. The number of hydrogen-bond acceptors (Lipinski definition) is 5. The van der Waals surface area contributed by atoms with Crippen LogP contribution in [0.25, 0.3) is 16.6 Å². The number of carbonyl (C=O) groups excluding carboxylic acids is 2. The maximum atomic E-state index is 13.3. The van der Waals surface area contributed by atoms with Crippen LogP contribution in [0.15, 0.2) is 58.5 Å². The number of nitrogens with one attached hydrogen (secondary N) is 1. The average Bonchev–Trinajstić information content (AvgIpc) is 2.62. The molecule has 0 saturated heterocycles. The fourth-order valence-corrected chi connectivity index (χ4v) is 3.37. The largest absolute Gasteiger partial charge is 0.351 e. The van der Waals surface area contributed by atoms with Gasteiger partial charge in [-0.15, -0.1) is 0 Å². The first-order chi connectivity index (χ1) is 12.9. The Morgan fingerprint density at radius 2 is 1.85 bits per heavy atom. The Labute approximate surface area is 157 Å². The number of hydrogen-bond donors (Lipinski definition) is 2. The first-order valence-electron chi connectivity index (χ1n) is 7.91. The number of nitrogens with zero attached hydrogens (tertiary/aromatic N) is 2. The second-order valence-corrected chi connectivity index (χ2v) is 6.95. The number of imide groups is 1. The monoisotopic (exact) mass is 386 g/mol. The number of benzene rings is 2. The van der Waals surface area contributed by atoms with Crippen LogP contribution in [0.2, 0.25) is 0 Å². The molecule has 3 rings (SSSR count). The summed E-state index contributed by atoms with van der Waals surface area (Å²) < 4.78 is 14.6. The van der Waals surface area contributed by atoms with Crippen LogP contribution in [0.1, 0.15) is 6.92 Å². The number of amides is 3. The number of carbonyl (C=O) groups is 2. The third-order valence-corrected chi connectivity index (χ3v) is 4.78. The SMILES string of the molecule is C[C@@H](Sc1nc2ccccc2c(=O)n1-c1ccc(F)cc1)C(=O)NC(N)=O. The van der Waals surface area contributed by atoms with Gasteiger partial charge in [-0.25, -0.2) is 14.2 Å². The Morgan fingerprint density at radius 1 is 1.19 bits per heavy atom. The van der Waals surface area contributed by atoms with E-state index in [2.05, 4.69) is 4.98 Å². The van der Waals surface area contributed by atoms with Crippen LogP contribution in [0.5, 0.6) is 0 Å². The van der Waals surface area contributed by atoms with Crippen molar-refractivity contribution < 1.29 is 14.0 Å². The van der Waals surface area contributed by atoms with E-state index in [0.717, 1.165) is 11.8 Å². The minimum atomic E-state index is -0.963. The summed E-state index contributed by atoms with van der Waals surface area (Å²) >= 11 is 0.987. The van der Waals surface area contributed by atoms with Crippen molar-refractivity contribution in [2.24, 2.45) is 5.73 Å². The van der Waals surface area contributed by atoms with Gasteiger partial charge in [-0.1, -0.05) is 23.9 Å². The molecule has 3 aromatic rings. The lowest BCUT2D eigenvalue weighted by Crippen LogP contribution is -2.39. The molecule has 138 valence electrons. The summed E-state index contributed by atoms with van der Waals surface area (Å²) in [6.45, 7) is 1.55. The molecule has 1 heterocycles. The molecule has 0 fully saturated rings. The zero-order valence-corrected chi connectivity index (χ0v) is 15.0. The van der Waals surface area contributed by atoms with Gasteiger partial charge in [0.15, 0.2) is 5.16 Å². The molecule has 0 bridgehead atoms. The highest BCUT2D eigenvalue weighted by Crippen LogP contribution is 2.25. The van der Waals surface area contributed by atoms with Crippen LogP contribution in [0.4, 0.5) is 9.18 Å². The molecule has 3 amide bonds. The zero-order valence-electron chi connectivity index (χ0n) is 14.2. The van der Waals surface area contributed by atoms with E-state index >= 15 is 0 Å². The summed E-state index contributed by atoms with van der Waals surface area (Å²) in [7, 11) is 0. The van der Waals surface area contributed by atoms with Gasteiger partial charge in [0.05, 0.1) is 21.8 Å². The molecule has 7 nitrogen and oxygen atoms in total. The normalized spacial score (nSPS) is 11.9. The van der Waals surface area contributed by atoms with Gasteiger partial charge >= 0.3 is 6.03 Å². The summed E-state index contributed by atoms with van der Waals surface area (Å²) in [5, 5.41) is 1.87. The fraction of sp³-hybridized carbons (Fsp3) is 0.111. The van der Waals surface area contributed by atoms with Crippen molar-refractivity contribution in [1.82, 2.24) is 14.9 Å². The fourth-order valence-electron chi connectivity index (χ4n) is 2.44. The number of fused-ring (bicyclic) bond motifs is 1. The van der Waals surface area contributed by atoms with Gasteiger partial charge in [-0.2, -0.15) is 0 Å². The Bertz CT molecular complexity index is 1080. The van der Waals surface area contributed by atoms with E-state index in [1.165, 1.54) is 28.8 Å². The van der Waals surface area contributed by atoms with Gasteiger partial charge in [0.1, 0.15) is 5.82 Å². The minimum Gasteiger partial charge on any atom is -0.351 e. The first-order valence-corrected chi connectivity index (χ1v) is 8.79. The van der Waals surface area contributed by atoms with Crippen LogP contribution in [0, 0.1) is 5.82 Å². The van der Waals surface area contributed by atoms with Crippen LogP contribution in [0.3, 0.4) is 0 Å². The summed E-state index contributed by atoms with van der Waals surface area (Å²) in [6.07, 6.45) is 0. The number of primary amides is 1. The Morgan fingerprint density at radius 3 is 2.52 bits per heavy atom. The van der Waals surface area contributed by atoms with Crippen LogP contribution < -0.4 is 16.6 Å². The van der Waals surface area contributed by atoms with Crippen molar-refractivity contribution in [3.63, 3.8) is 0 Å². The molecule has 0 aliphatic rings. The van der Waals surface area contributed by atoms with Crippen molar-refractivity contribution in [1.29, 1.82) is 0 Å². The number of thioether (sulfide) groups is 1. The summed E-state index contributed by atoms with van der Waals surface area (Å²) in [5.41, 5.74) is 5.49. The van der Waals surface area contributed by atoms with Crippen LogP contribution in [-0.4, -0.2) is 26.7 Å². The Hall–Kier alpha value is -3.20. The standard InChI is InChI=1S/C18H15FN4O3S/c1-10(15(24)22-17(20)26)27-18-21-14-5-3-2-4-13(14)16(25)23(18)12-8-6-11(19)7-9-12/h2-10H,1H3,(H3,20,22,24,26)/t10-/m1/s1. The van der Waals surface area contributed by atoms with Gasteiger partial charge in [0.2, 0.25) is 5.91 Å². The maximum Gasteiger partial charge on any atom is 0.318 e. The van der Waals surface area contributed by atoms with Crippen molar-refractivity contribution in [2.45, 2.75) is 17.3 Å². The molecule has 0 aliphatic heterocycles. The number of para-hydroxylation sites is 1. The zero-order chi connectivity index (χ0) is 19.6. The molecule has 0 spiro atoms. The molecule has 2 aromatic carbocycles. The number of halogens is 1. The molecule has 0 unspecified atom stereocenters. The van der Waals surface area contributed by atoms with E-state index in [1.807, 2.05) is 5.32 Å². The molecule has 0 radical (unpaired) electrons. The number of rotatable bonds is 4. The van der Waals surface area contributed by atoms with Gasteiger partial charge in [-0.3, -0.25) is 19.5 Å². The lowest BCUT2D eigenvalue weighted by molar-refractivity contribution is -0.119. The van der Waals surface area contributed by atoms with Crippen molar-refractivity contribution in [2.75, 3.05) is 0 Å².